The maximum Gasteiger partial charge on any atom is 0.387 e. The number of hydrogen-bond donors (Lipinski definition) is 0. The second-order valence-corrected chi connectivity index (χ2v) is 2.93. The molecule has 1 aromatic rings. The quantitative estimate of drug-likeness (QED) is 0.730. The number of thioether (sulfide) groups is 1. The summed E-state index contributed by atoms with van der Waals surface area (Å²) in [5.41, 5.74) is 0. The Labute approximate surface area is 84.7 Å². The highest BCUT2D eigenvalue weighted by atomic mass is 32.2. The van der Waals surface area contributed by atoms with Crippen LogP contribution in [0.25, 0.3) is 0 Å². The molecule has 0 unspecified atom stereocenters. The van der Waals surface area contributed by atoms with E-state index in [0.717, 1.165) is 4.90 Å². The Bertz CT molecular complexity index is 241. The van der Waals surface area contributed by atoms with Gasteiger partial charge in [0.2, 0.25) is 0 Å². The Morgan fingerprint density at radius 2 is 1.64 bits per heavy atom. The van der Waals surface area contributed by atoms with E-state index < -0.39 is 6.61 Å². The van der Waals surface area contributed by atoms with Crippen molar-refractivity contribution in [3.05, 3.63) is 24.3 Å². The van der Waals surface area contributed by atoms with E-state index in [1.165, 1.54) is 12.1 Å². The van der Waals surface area contributed by atoms with E-state index in [0.29, 0.717) is 0 Å². The van der Waals surface area contributed by atoms with Gasteiger partial charge in [-0.3, -0.25) is 0 Å². The summed E-state index contributed by atoms with van der Waals surface area (Å²) in [7, 11) is 0. The molecule has 0 aliphatic heterocycles. The number of benzene rings is 1. The fourth-order valence-corrected chi connectivity index (χ4v) is 1.17. The average Bonchev–Trinajstić information content (AvgIpc) is 2.05. The molecule has 14 heavy (non-hydrogen) atoms. The van der Waals surface area contributed by atoms with Gasteiger partial charge in [-0.1, -0.05) is 0 Å². The van der Waals surface area contributed by atoms with E-state index in [1.807, 2.05) is 6.26 Å². The highest BCUT2D eigenvalue weighted by molar-refractivity contribution is 7.98. The fourth-order valence-electron chi connectivity index (χ4n) is 0.757. The van der Waals surface area contributed by atoms with E-state index in [2.05, 4.69) is 4.74 Å². The first kappa shape index (κ1) is 15.6. The molecule has 1 aromatic carbocycles. The lowest BCUT2D eigenvalue weighted by Crippen LogP contribution is -2.01. The van der Waals surface area contributed by atoms with Crippen LogP contribution in [0, 0.1) is 0 Å². The summed E-state index contributed by atoms with van der Waals surface area (Å²) in [5.74, 6) is 0.197. The predicted octanol–water partition coefficient (Wildman–Crippen LogP) is 1.36. The van der Waals surface area contributed by atoms with Crippen molar-refractivity contribution in [1.29, 1.82) is 0 Å². The lowest BCUT2D eigenvalue weighted by atomic mass is 10.3. The van der Waals surface area contributed by atoms with Gasteiger partial charge in [0.15, 0.2) is 0 Å². The van der Waals surface area contributed by atoms with Gasteiger partial charge in [-0.15, -0.1) is 11.8 Å². The minimum atomic E-state index is -2.75. The van der Waals surface area contributed by atoms with Crippen molar-refractivity contribution in [2.45, 2.75) is 11.5 Å². The van der Waals surface area contributed by atoms with Gasteiger partial charge in [0.25, 0.3) is 0 Å². The summed E-state index contributed by atoms with van der Waals surface area (Å²) in [4.78, 5) is 1.02. The molecule has 0 atom stereocenters. The van der Waals surface area contributed by atoms with E-state index in [4.69, 9.17) is 0 Å². The molecule has 0 saturated heterocycles. The molecule has 82 valence electrons. The Hall–Kier alpha value is -0.850. The second kappa shape index (κ2) is 7.54. The number of halogens is 2. The third-order valence-electron chi connectivity index (χ3n) is 1.28. The molecule has 0 aromatic heterocycles. The van der Waals surface area contributed by atoms with Crippen LogP contribution >= 0.6 is 11.8 Å². The van der Waals surface area contributed by atoms with Crippen LogP contribution in [-0.2, 0) is 0 Å². The summed E-state index contributed by atoms with van der Waals surface area (Å²) >= 11 is 1.55. The minimum Gasteiger partial charge on any atom is -0.435 e. The van der Waals surface area contributed by atoms with Crippen molar-refractivity contribution in [2.75, 3.05) is 6.26 Å². The first-order valence-corrected chi connectivity index (χ1v) is 4.53. The molecule has 6 heteroatoms. The second-order valence-electron chi connectivity index (χ2n) is 2.05. The zero-order valence-corrected chi connectivity index (χ0v) is 8.28. The van der Waals surface area contributed by atoms with E-state index in [1.54, 1.807) is 23.9 Å². The van der Waals surface area contributed by atoms with Crippen LogP contribution in [0.4, 0.5) is 8.78 Å². The molecule has 1 rings (SSSR count). The van der Waals surface area contributed by atoms with Crippen LogP contribution in [0.2, 0.25) is 0 Å². The summed E-state index contributed by atoms with van der Waals surface area (Å²) in [6, 6.07) is 6.53. The molecule has 0 fully saturated rings. The fraction of sp³-hybridized carbons (Fsp3) is 0.250. The number of alkyl halides is 2. The lowest BCUT2D eigenvalue weighted by molar-refractivity contribution is -0.0498. The Morgan fingerprint density at radius 1 is 1.14 bits per heavy atom. The summed E-state index contributed by atoms with van der Waals surface area (Å²) < 4.78 is 27.5. The van der Waals surface area contributed by atoms with Gasteiger partial charge in [0.1, 0.15) is 5.75 Å². The highest BCUT2D eigenvalue weighted by Crippen LogP contribution is 2.19. The van der Waals surface area contributed by atoms with E-state index in [-0.39, 0.29) is 16.7 Å². The van der Waals surface area contributed by atoms with Crippen molar-refractivity contribution < 1.29 is 24.5 Å². The van der Waals surface area contributed by atoms with Gasteiger partial charge in [-0.2, -0.15) is 8.78 Å². The third kappa shape index (κ3) is 5.00. The summed E-state index contributed by atoms with van der Waals surface area (Å²) in [5, 5.41) is 0. The summed E-state index contributed by atoms with van der Waals surface area (Å²) in [6.45, 7) is -2.75. The smallest absolute Gasteiger partial charge is 0.387 e. The maximum absolute atomic E-state index is 11.7. The topological polar surface area (TPSA) is 72.2 Å². The Morgan fingerprint density at radius 3 is 2.00 bits per heavy atom. The summed E-state index contributed by atoms with van der Waals surface area (Å²) in [6.07, 6.45) is 1.92. The molecule has 0 aliphatic rings. The zero-order chi connectivity index (χ0) is 8.97. The standard InChI is InChI=1S/C8H8F2OS.2H2O/c1-12-7-4-2-6(3-5-7)11-8(9)10;;/h2-5,8H,1H3;2*1H2. The normalized spacial score (nSPS) is 8.86. The predicted molar refractivity (Wildman–Crippen MR) is 52.1 cm³/mol. The largest absolute Gasteiger partial charge is 0.435 e. The zero-order valence-electron chi connectivity index (χ0n) is 7.46. The molecule has 3 nitrogen and oxygen atoms in total. The molecule has 0 saturated carbocycles. The number of rotatable bonds is 3. The van der Waals surface area contributed by atoms with Gasteiger partial charge in [-0.25, -0.2) is 0 Å². The Kier molecular flexibility index (Phi) is 8.41. The SMILES string of the molecule is CSc1ccc(OC(F)F)cc1.O.O. The van der Waals surface area contributed by atoms with E-state index >= 15 is 0 Å². The van der Waals surface area contributed by atoms with Crippen molar-refractivity contribution in [1.82, 2.24) is 0 Å². The molecule has 4 N–H and O–H groups in total. The number of ether oxygens (including phenoxy) is 1. The van der Waals surface area contributed by atoms with Crippen molar-refractivity contribution in [3.63, 3.8) is 0 Å². The molecular weight excluding hydrogens is 214 g/mol. The molecule has 0 heterocycles. The lowest BCUT2D eigenvalue weighted by Gasteiger charge is -2.03. The number of hydrogen-bond acceptors (Lipinski definition) is 2. The third-order valence-corrected chi connectivity index (χ3v) is 2.03. The molecule has 0 amide bonds. The Balaban J connectivity index is 0. The van der Waals surface area contributed by atoms with Crippen LogP contribution in [0.5, 0.6) is 5.75 Å². The van der Waals surface area contributed by atoms with Crippen LogP contribution in [0.15, 0.2) is 29.2 Å². The van der Waals surface area contributed by atoms with Gasteiger partial charge in [-0.05, 0) is 30.5 Å². The van der Waals surface area contributed by atoms with Gasteiger partial charge in [0, 0.05) is 4.90 Å². The van der Waals surface area contributed by atoms with Crippen LogP contribution in [0.1, 0.15) is 0 Å². The van der Waals surface area contributed by atoms with Gasteiger partial charge < -0.3 is 15.7 Å². The van der Waals surface area contributed by atoms with Gasteiger partial charge >= 0.3 is 6.61 Å². The van der Waals surface area contributed by atoms with Crippen LogP contribution in [0.3, 0.4) is 0 Å². The first-order valence-electron chi connectivity index (χ1n) is 3.31. The minimum absolute atomic E-state index is 0. The van der Waals surface area contributed by atoms with Crippen LogP contribution < -0.4 is 4.74 Å². The first-order chi connectivity index (χ1) is 5.72. The molecule has 0 spiro atoms. The van der Waals surface area contributed by atoms with Gasteiger partial charge in [0.05, 0.1) is 0 Å². The van der Waals surface area contributed by atoms with Crippen molar-refractivity contribution in [3.8, 4) is 5.75 Å². The molecule has 0 bridgehead atoms. The van der Waals surface area contributed by atoms with Crippen molar-refractivity contribution in [2.24, 2.45) is 0 Å². The molecule has 0 aliphatic carbocycles. The van der Waals surface area contributed by atoms with E-state index in [9.17, 15) is 8.78 Å². The highest BCUT2D eigenvalue weighted by Gasteiger charge is 2.02. The maximum atomic E-state index is 11.7. The van der Waals surface area contributed by atoms with Crippen molar-refractivity contribution >= 4 is 11.8 Å². The monoisotopic (exact) mass is 226 g/mol. The molecular formula is C8H12F2O3S. The molecule has 0 radical (unpaired) electrons. The van der Waals surface area contributed by atoms with Crippen LogP contribution in [-0.4, -0.2) is 23.8 Å². The average molecular weight is 226 g/mol.